The summed E-state index contributed by atoms with van der Waals surface area (Å²) in [6, 6.07) is 11.9. The molecule has 8 heteroatoms. The van der Waals surface area contributed by atoms with Crippen LogP contribution in [-0.2, 0) is 14.3 Å². The SMILES string of the molecule is CNc1cc(N)c(S(=O)(=O)OC)cc1N=Nc1ccccc1. The molecular formula is C14H16N4O3S. The number of nitrogens with zero attached hydrogens (tertiary/aromatic N) is 2. The van der Waals surface area contributed by atoms with E-state index in [4.69, 9.17) is 5.73 Å². The molecule has 0 aliphatic carbocycles. The second kappa shape index (κ2) is 6.54. The van der Waals surface area contributed by atoms with Crippen LogP contribution in [-0.4, -0.2) is 22.6 Å². The number of anilines is 2. The molecule has 22 heavy (non-hydrogen) atoms. The molecule has 0 aliphatic rings. The number of azo groups is 1. The van der Waals surface area contributed by atoms with E-state index in [2.05, 4.69) is 19.7 Å². The van der Waals surface area contributed by atoms with Crippen molar-refractivity contribution >= 4 is 32.9 Å². The molecular weight excluding hydrogens is 304 g/mol. The monoisotopic (exact) mass is 320 g/mol. The van der Waals surface area contributed by atoms with Crippen molar-refractivity contribution in [3.05, 3.63) is 42.5 Å². The highest BCUT2D eigenvalue weighted by Crippen LogP contribution is 2.34. The molecule has 0 amide bonds. The molecule has 2 aromatic rings. The summed E-state index contributed by atoms with van der Waals surface area (Å²) in [6.45, 7) is 0. The highest BCUT2D eigenvalue weighted by molar-refractivity contribution is 7.87. The summed E-state index contributed by atoms with van der Waals surface area (Å²) in [4.78, 5) is -0.143. The smallest absolute Gasteiger partial charge is 0.298 e. The lowest BCUT2D eigenvalue weighted by molar-refractivity contribution is 0.398. The van der Waals surface area contributed by atoms with E-state index in [1.54, 1.807) is 19.2 Å². The number of nitrogen functional groups attached to an aromatic ring is 1. The molecule has 116 valence electrons. The van der Waals surface area contributed by atoms with Crippen LogP contribution in [0.15, 0.2) is 57.6 Å². The van der Waals surface area contributed by atoms with Crippen molar-refractivity contribution in [3.63, 3.8) is 0 Å². The fourth-order valence-electron chi connectivity index (χ4n) is 1.78. The fourth-order valence-corrected chi connectivity index (χ4v) is 2.56. The molecule has 0 fully saturated rings. The van der Waals surface area contributed by atoms with Crippen LogP contribution >= 0.6 is 0 Å². The lowest BCUT2D eigenvalue weighted by Crippen LogP contribution is -2.07. The summed E-state index contributed by atoms with van der Waals surface area (Å²) in [5, 5.41) is 11.1. The molecule has 0 radical (unpaired) electrons. The van der Waals surface area contributed by atoms with Gasteiger partial charge in [-0.3, -0.25) is 4.18 Å². The standard InChI is InChI=1S/C14H16N4O3S/c1-16-12-8-11(15)14(22(19,20)21-2)9-13(12)18-17-10-6-4-3-5-7-10/h3-9,16H,15H2,1-2H3. The normalized spacial score (nSPS) is 11.7. The summed E-state index contributed by atoms with van der Waals surface area (Å²) in [5.41, 5.74) is 7.39. The Morgan fingerprint density at radius 3 is 2.41 bits per heavy atom. The highest BCUT2D eigenvalue weighted by atomic mass is 32.2. The Kier molecular flexibility index (Phi) is 4.74. The molecule has 0 bridgehead atoms. The van der Waals surface area contributed by atoms with E-state index < -0.39 is 10.1 Å². The Bertz CT molecular complexity index is 789. The number of nitrogens with one attached hydrogen (secondary N) is 1. The van der Waals surface area contributed by atoms with Crippen molar-refractivity contribution in [2.45, 2.75) is 4.90 Å². The van der Waals surface area contributed by atoms with Crippen molar-refractivity contribution in [2.24, 2.45) is 10.2 Å². The van der Waals surface area contributed by atoms with Gasteiger partial charge in [0.2, 0.25) is 0 Å². The zero-order chi connectivity index (χ0) is 16.2. The van der Waals surface area contributed by atoms with Crippen LogP contribution in [0.3, 0.4) is 0 Å². The number of hydrogen-bond donors (Lipinski definition) is 2. The minimum atomic E-state index is -3.91. The van der Waals surface area contributed by atoms with Crippen molar-refractivity contribution in [2.75, 3.05) is 25.2 Å². The molecule has 0 spiro atoms. The summed E-state index contributed by atoms with van der Waals surface area (Å²) in [6.07, 6.45) is 0. The van der Waals surface area contributed by atoms with E-state index in [1.807, 2.05) is 18.2 Å². The van der Waals surface area contributed by atoms with Gasteiger partial charge in [0.1, 0.15) is 10.6 Å². The fraction of sp³-hybridized carbons (Fsp3) is 0.143. The minimum absolute atomic E-state index is 0.0739. The zero-order valence-electron chi connectivity index (χ0n) is 12.1. The predicted octanol–water partition coefficient (Wildman–Crippen LogP) is 3.06. The summed E-state index contributed by atoms with van der Waals surface area (Å²) in [5.74, 6) is 0. The molecule has 0 atom stereocenters. The van der Waals surface area contributed by atoms with E-state index in [-0.39, 0.29) is 10.6 Å². The van der Waals surface area contributed by atoms with Crippen molar-refractivity contribution in [1.29, 1.82) is 0 Å². The average Bonchev–Trinajstić information content (AvgIpc) is 2.54. The maximum Gasteiger partial charge on any atom is 0.298 e. The van der Waals surface area contributed by atoms with Crippen LogP contribution in [0.1, 0.15) is 0 Å². The second-order valence-electron chi connectivity index (χ2n) is 4.31. The molecule has 3 N–H and O–H groups in total. The predicted molar refractivity (Wildman–Crippen MR) is 85.2 cm³/mol. The van der Waals surface area contributed by atoms with E-state index >= 15 is 0 Å². The van der Waals surface area contributed by atoms with Crippen molar-refractivity contribution in [1.82, 2.24) is 0 Å². The van der Waals surface area contributed by atoms with Crippen LogP contribution in [0.2, 0.25) is 0 Å². The van der Waals surface area contributed by atoms with Gasteiger partial charge >= 0.3 is 0 Å². The Hall–Kier alpha value is -2.45. The van der Waals surface area contributed by atoms with E-state index in [9.17, 15) is 8.42 Å². The maximum atomic E-state index is 11.9. The van der Waals surface area contributed by atoms with Gasteiger partial charge in [0.05, 0.1) is 24.2 Å². The van der Waals surface area contributed by atoms with Crippen LogP contribution in [0.25, 0.3) is 0 Å². The summed E-state index contributed by atoms with van der Waals surface area (Å²) >= 11 is 0. The van der Waals surface area contributed by atoms with E-state index in [1.165, 1.54) is 12.1 Å². The molecule has 0 saturated carbocycles. The van der Waals surface area contributed by atoms with Gasteiger partial charge in [0, 0.05) is 7.05 Å². The Morgan fingerprint density at radius 2 is 1.82 bits per heavy atom. The average molecular weight is 320 g/mol. The van der Waals surface area contributed by atoms with E-state index in [0.29, 0.717) is 17.1 Å². The first-order valence-corrected chi connectivity index (χ1v) is 7.77. The Labute approximate surface area is 129 Å². The van der Waals surface area contributed by atoms with Gasteiger partial charge in [0.25, 0.3) is 10.1 Å². The Balaban J connectivity index is 2.50. The summed E-state index contributed by atoms with van der Waals surface area (Å²) in [7, 11) is -1.16. The third-order valence-corrected chi connectivity index (χ3v) is 4.25. The number of rotatable bonds is 5. The lowest BCUT2D eigenvalue weighted by Gasteiger charge is -2.10. The summed E-state index contributed by atoms with van der Waals surface area (Å²) < 4.78 is 28.2. The van der Waals surface area contributed by atoms with Gasteiger partial charge in [-0.15, -0.1) is 5.11 Å². The molecule has 0 heterocycles. The molecule has 0 saturated heterocycles. The van der Waals surface area contributed by atoms with Gasteiger partial charge < -0.3 is 11.1 Å². The van der Waals surface area contributed by atoms with Crippen LogP contribution in [0.5, 0.6) is 0 Å². The van der Waals surface area contributed by atoms with Crippen molar-refractivity contribution in [3.8, 4) is 0 Å². The molecule has 2 rings (SSSR count). The first kappa shape index (κ1) is 15.9. The first-order valence-electron chi connectivity index (χ1n) is 6.36. The Morgan fingerprint density at radius 1 is 1.14 bits per heavy atom. The molecule has 0 aromatic heterocycles. The number of nitrogens with two attached hydrogens (primary N) is 1. The largest absolute Gasteiger partial charge is 0.398 e. The zero-order valence-corrected chi connectivity index (χ0v) is 13.0. The first-order chi connectivity index (χ1) is 10.5. The molecule has 7 nitrogen and oxygen atoms in total. The maximum absolute atomic E-state index is 11.9. The van der Waals surface area contributed by atoms with Crippen molar-refractivity contribution < 1.29 is 12.6 Å². The van der Waals surface area contributed by atoms with Gasteiger partial charge in [-0.1, -0.05) is 18.2 Å². The minimum Gasteiger partial charge on any atom is -0.398 e. The third-order valence-electron chi connectivity index (χ3n) is 2.92. The highest BCUT2D eigenvalue weighted by Gasteiger charge is 2.19. The molecule has 0 aliphatic heterocycles. The number of benzene rings is 2. The van der Waals surface area contributed by atoms with Gasteiger partial charge in [-0.05, 0) is 24.3 Å². The molecule has 2 aromatic carbocycles. The van der Waals surface area contributed by atoms with E-state index in [0.717, 1.165) is 7.11 Å². The third kappa shape index (κ3) is 3.41. The van der Waals surface area contributed by atoms with Crippen LogP contribution in [0, 0.1) is 0 Å². The van der Waals surface area contributed by atoms with Crippen LogP contribution < -0.4 is 11.1 Å². The lowest BCUT2D eigenvalue weighted by atomic mass is 10.2. The van der Waals surface area contributed by atoms with Gasteiger partial charge in [-0.2, -0.15) is 13.5 Å². The van der Waals surface area contributed by atoms with Gasteiger partial charge in [-0.25, -0.2) is 0 Å². The number of hydrogen-bond acceptors (Lipinski definition) is 7. The molecule has 0 unspecified atom stereocenters. The quantitative estimate of drug-likeness (QED) is 0.500. The second-order valence-corrected chi connectivity index (χ2v) is 5.99. The van der Waals surface area contributed by atoms with Crippen LogP contribution in [0.4, 0.5) is 22.7 Å². The topological polar surface area (TPSA) is 106 Å². The van der Waals surface area contributed by atoms with Gasteiger partial charge in [0.15, 0.2) is 0 Å².